The molecule has 18 heavy (non-hydrogen) atoms. The first-order chi connectivity index (χ1) is 8.37. The quantitative estimate of drug-likeness (QED) is 0.821. The van der Waals surface area contributed by atoms with Crippen molar-refractivity contribution in [2.75, 3.05) is 13.7 Å². The summed E-state index contributed by atoms with van der Waals surface area (Å²) < 4.78 is 10.3. The Bertz CT molecular complexity index is 396. The van der Waals surface area contributed by atoms with E-state index in [9.17, 15) is 4.79 Å². The third-order valence-corrected chi connectivity index (χ3v) is 2.30. The zero-order valence-electron chi connectivity index (χ0n) is 11.3. The van der Waals surface area contributed by atoms with Crippen LogP contribution in [0.2, 0.25) is 0 Å². The highest BCUT2D eigenvalue weighted by Gasteiger charge is 2.25. The minimum atomic E-state index is -0.523. The highest BCUT2D eigenvalue weighted by atomic mass is 16.6. The summed E-state index contributed by atoms with van der Waals surface area (Å²) in [5, 5.41) is 0. The molecule has 0 radical (unpaired) electrons. The molecule has 0 saturated heterocycles. The van der Waals surface area contributed by atoms with Gasteiger partial charge in [-0.05, 0) is 26.3 Å². The average Bonchev–Trinajstić information content (AvgIpc) is 2.28. The molecule has 1 atom stereocenters. The van der Waals surface area contributed by atoms with Gasteiger partial charge in [-0.15, -0.1) is 0 Å². The summed E-state index contributed by atoms with van der Waals surface area (Å²) in [6.07, 6.45) is 1.58. The van der Waals surface area contributed by atoms with Crippen LogP contribution in [-0.4, -0.2) is 30.2 Å². The molecule has 100 valence electrons. The Kier molecular flexibility index (Phi) is 4.67. The van der Waals surface area contributed by atoms with E-state index >= 15 is 0 Å². The zero-order valence-corrected chi connectivity index (χ0v) is 11.3. The molecule has 0 unspecified atom stereocenters. The van der Waals surface area contributed by atoms with Crippen LogP contribution >= 0.6 is 0 Å². The highest BCUT2D eigenvalue weighted by molar-refractivity contribution is 5.78. The van der Waals surface area contributed by atoms with Crippen LogP contribution in [0.4, 0.5) is 0 Å². The SMILES string of the molecule is COc1ccc([C@@H](CN)C(=O)OC(C)(C)C)cn1. The lowest BCUT2D eigenvalue weighted by Gasteiger charge is -2.23. The standard InChI is InChI=1S/C13H20N2O3/c1-13(2,3)18-12(16)10(7-14)9-5-6-11(17-4)15-8-9/h5-6,8,10H,7,14H2,1-4H3/t10-/m1/s1. The summed E-state index contributed by atoms with van der Waals surface area (Å²) in [5.74, 6) is -0.335. The molecule has 0 bridgehead atoms. The number of hydrogen-bond acceptors (Lipinski definition) is 5. The van der Waals surface area contributed by atoms with Crippen LogP contribution in [-0.2, 0) is 9.53 Å². The number of carbonyl (C=O) groups is 1. The van der Waals surface area contributed by atoms with Crippen LogP contribution in [0.1, 0.15) is 32.3 Å². The van der Waals surface area contributed by atoms with Crippen LogP contribution in [0, 0.1) is 0 Å². The van der Waals surface area contributed by atoms with E-state index in [1.165, 1.54) is 7.11 Å². The third kappa shape index (κ3) is 4.00. The van der Waals surface area contributed by atoms with Gasteiger partial charge in [0.05, 0.1) is 13.0 Å². The van der Waals surface area contributed by atoms with Crippen molar-refractivity contribution < 1.29 is 14.3 Å². The summed E-state index contributed by atoms with van der Waals surface area (Å²) >= 11 is 0. The first kappa shape index (κ1) is 14.4. The van der Waals surface area contributed by atoms with Gasteiger partial charge in [0.25, 0.3) is 0 Å². The maximum atomic E-state index is 12.0. The number of aromatic nitrogens is 1. The second-order valence-corrected chi connectivity index (χ2v) is 4.96. The van der Waals surface area contributed by atoms with Crippen molar-refractivity contribution in [3.05, 3.63) is 23.9 Å². The molecular weight excluding hydrogens is 232 g/mol. The van der Waals surface area contributed by atoms with Crippen molar-refractivity contribution in [3.63, 3.8) is 0 Å². The smallest absolute Gasteiger partial charge is 0.315 e. The van der Waals surface area contributed by atoms with Crippen molar-refractivity contribution >= 4 is 5.97 Å². The van der Waals surface area contributed by atoms with Gasteiger partial charge in [0.2, 0.25) is 5.88 Å². The molecule has 1 aromatic rings. The Morgan fingerprint density at radius 1 is 1.44 bits per heavy atom. The molecular formula is C13H20N2O3. The number of hydrogen-bond donors (Lipinski definition) is 1. The van der Waals surface area contributed by atoms with Crippen molar-refractivity contribution in [2.45, 2.75) is 32.3 Å². The van der Waals surface area contributed by atoms with Gasteiger partial charge in [-0.3, -0.25) is 4.79 Å². The molecule has 0 aliphatic heterocycles. The van der Waals surface area contributed by atoms with Crippen LogP contribution in [0.25, 0.3) is 0 Å². The molecule has 1 aromatic heterocycles. The van der Waals surface area contributed by atoms with Gasteiger partial charge in [0, 0.05) is 18.8 Å². The fraction of sp³-hybridized carbons (Fsp3) is 0.538. The number of methoxy groups -OCH3 is 1. The van der Waals surface area contributed by atoms with Crippen molar-refractivity contribution in [1.82, 2.24) is 4.98 Å². The minimum Gasteiger partial charge on any atom is -0.481 e. The monoisotopic (exact) mass is 252 g/mol. The summed E-state index contributed by atoms with van der Waals surface area (Å²) in [6.45, 7) is 5.66. The van der Waals surface area contributed by atoms with Crippen molar-refractivity contribution in [1.29, 1.82) is 0 Å². The van der Waals surface area contributed by atoms with E-state index in [0.29, 0.717) is 5.88 Å². The lowest BCUT2D eigenvalue weighted by atomic mass is 10.0. The molecule has 0 spiro atoms. The molecule has 1 heterocycles. The highest BCUT2D eigenvalue weighted by Crippen LogP contribution is 2.20. The molecule has 1 rings (SSSR count). The second kappa shape index (κ2) is 5.82. The van der Waals surface area contributed by atoms with E-state index in [-0.39, 0.29) is 12.5 Å². The Morgan fingerprint density at radius 2 is 2.11 bits per heavy atom. The van der Waals surface area contributed by atoms with Crippen LogP contribution < -0.4 is 10.5 Å². The molecule has 0 amide bonds. The molecule has 5 nitrogen and oxygen atoms in total. The topological polar surface area (TPSA) is 74.4 Å². The second-order valence-electron chi connectivity index (χ2n) is 4.96. The molecule has 0 saturated carbocycles. The fourth-order valence-corrected chi connectivity index (χ4v) is 1.46. The molecule has 5 heteroatoms. The molecule has 0 fully saturated rings. The predicted molar refractivity (Wildman–Crippen MR) is 68.4 cm³/mol. The summed E-state index contributed by atoms with van der Waals surface area (Å²) in [7, 11) is 1.54. The molecule has 2 N–H and O–H groups in total. The first-order valence-electron chi connectivity index (χ1n) is 5.80. The van der Waals surface area contributed by atoms with Gasteiger partial charge >= 0.3 is 5.97 Å². The number of rotatable bonds is 4. The Labute approximate surface area is 107 Å². The maximum absolute atomic E-state index is 12.0. The van der Waals surface area contributed by atoms with Gasteiger partial charge in [-0.2, -0.15) is 0 Å². The Balaban J connectivity index is 2.85. The number of carbonyl (C=O) groups excluding carboxylic acids is 1. The minimum absolute atomic E-state index is 0.183. The van der Waals surface area contributed by atoms with Crippen molar-refractivity contribution in [3.8, 4) is 5.88 Å². The number of nitrogens with two attached hydrogens (primary N) is 1. The largest absolute Gasteiger partial charge is 0.481 e. The van der Waals surface area contributed by atoms with Crippen LogP contribution in [0.3, 0.4) is 0 Å². The Morgan fingerprint density at radius 3 is 2.50 bits per heavy atom. The van der Waals surface area contributed by atoms with E-state index in [1.54, 1.807) is 18.3 Å². The van der Waals surface area contributed by atoms with Gasteiger partial charge in [0.15, 0.2) is 0 Å². The number of ether oxygens (including phenoxy) is 2. The summed E-state index contributed by atoms with van der Waals surface area (Å²) in [5.41, 5.74) is 5.84. The summed E-state index contributed by atoms with van der Waals surface area (Å²) in [6, 6.07) is 3.47. The molecule has 0 aliphatic carbocycles. The number of nitrogens with zero attached hydrogens (tertiary/aromatic N) is 1. The van der Waals surface area contributed by atoms with E-state index in [1.807, 2.05) is 20.8 Å². The van der Waals surface area contributed by atoms with Crippen LogP contribution in [0.15, 0.2) is 18.3 Å². The van der Waals surface area contributed by atoms with Crippen LogP contribution in [0.5, 0.6) is 5.88 Å². The van der Waals surface area contributed by atoms with E-state index in [0.717, 1.165) is 5.56 Å². The lowest BCUT2D eigenvalue weighted by molar-refractivity contribution is -0.156. The van der Waals surface area contributed by atoms with Gasteiger partial charge in [-0.1, -0.05) is 6.07 Å². The molecule has 0 aromatic carbocycles. The Hall–Kier alpha value is -1.62. The normalized spacial score (nSPS) is 12.9. The van der Waals surface area contributed by atoms with E-state index < -0.39 is 11.5 Å². The summed E-state index contributed by atoms with van der Waals surface area (Å²) in [4.78, 5) is 16.0. The van der Waals surface area contributed by atoms with Gasteiger partial charge in [-0.25, -0.2) is 4.98 Å². The third-order valence-electron chi connectivity index (χ3n) is 2.30. The van der Waals surface area contributed by atoms with Gasteiger partial charge in [0.1, 0.15) is 5.60 Å². The van der Waals surface area contributed by atoms with E-state index in [4.69, 9.17) is 15.2 Å². The lowest BCUT2D eigenvalue weighted by Crippen LogP contribution is -2.31. The van der Waals surface area contributed by atoms with Crippen molar-refractivity contribution in [2.24, 2.45) is 5.73 Å². The van der Waals surface area contributed by atoms with Gasteiger partial charge < -0.3 is 15.2 Å². The first-order valence-corrected chi connectivity index (χ1v) is 5.80. The number of pyridine rings is 1. The number of esters is 1. The predicted octanol–water partition coefficient (Wildman–Crippen LogP) is 1.47. The van der Waals surface area contributed by atoms with E-state index in [2.05, 4.69) is 4.98 Å². The average molecular weight is 252 g/mol. The fourth-order valence-electron chi connectivity index (χ4n) is 1.46. The molecule has 0 aliphatic rings. The zero-order chi connectivity index (χ0) is 13.8. The maximum Gasteiger partial charge on any atom is 0.315 e.